The van der Waals surface area contributed by atoms with Gasteiger partial charge >= 0.3 is 0 Å². The van der Waals surface area contributed by atoms with Crippen molar-refractivity contribution in [3.05, 3.63) is 87.3 Å². The molecule has 1 aromatic heterocycles. The quantitative estimate of drug-likeness (QED) is 0.468. The summed E-state index contributed by atoms with van der Waals surface area (Å²) >= 11 is 6.16. The summed E-state index contributed by atoms with van der Waals surface area (Å²) in [6.45, 7) is 4.45. The molecule has 4 rings (SSSR count). The number of hydrogen-bond donors (Lipinski definition) is 2. The Hall–Kier alpha value is -3.09. The minimum atomic E-state index is -0.202. The summed E-state index contributed by atoms with van der Waals surface area (Å²) in [6, 6.07) is 16.3. The van der Waals surface area contributed by atoms with Gasteiger partial charge in [-0.25, -0.2) is 0 Å². The molecule has 0 aliphatic carbocycles. The smallest absolute Gasteiger partial charge is 0.258 e. The molecule has 2 heterocycles. The van der Waals surface area contributed by atoms with Gasteiger partial charge in [0, 0.05) is 59.1 Å². The molecule has 0 atom stereocenters. The van der Waals surface area contributed by atoms with Crippen molar-refractivity contribution >= 4 is 23.5 Å². The van der Waals surface area contributed by atoms with Crippen molar-refractivity contribution in [2.75, 3.05) is 31.5 Å². The van der Waals surface area contributed by atoms with Crippen LogP contribution in [0.1, 0.15) is 24.0 Å². The molecule has 2 aromatic carbocycles. The topological polar surface area (TPSA) is 70.3 Å². The van der Waals surface area contributed by atoms with Gasteiger partial charge in [-0.2, -0.15) is 0 Å². The van der Waals surface area contributed by atoms with E-state index in [0.29, 0.717) is 23.1 Å². The molecule has 2 N–H and O–H groups in total. The van der Waals surface area contributed by atoms with Crippen molar-refractivity contribution in [3.63, 3.8) is 0 Å². The Balaban J connectivity index is 1.43. The molecule has 0 saturated carbocycles. The second kappa shape index (κ2) is 10.5. The molecule has 1 aliphatic rings. The zero-order valence-electron chi connectivity index (χ0n) is 17.9. The first kappa shape index (κ1) is 22.1. The maximum absolute atomic E-state index is 12.7. The summed E-state index contributed by atoms with van der Waals surface area (Å²) < 4.78 is 7.29. The number of anilines is 1. The van der Waals surface area contributed by atoms with Crippen LogP contribution in [0.3, 0.4) is 0 Å². The first-order valence-electron chi connectivity index (χ1n) is 10.8. The van der Waals surface area contributed by atoms with E-state index in [0.717, 1.165) is 29.9 Å². The summed E-state index contributed by atoms with van der Waals surface area (Å²) in [4.78, 5) is 15.1. The highest BCUT2D eigenvalue weighted by Gasteiger charge is 2.11. The van der Waals surface area contributed by atoms with E-state index in [9.17, 15) is 4.79 Å². The number of aromatic nitrogens is 1. The summed E-state index contributed by atoms with van der Waals surface area (Å²) in [7, 11) is 0. The van der Waals surface area contributed by atoms with Gasteiger partial charge in [0.25, 0.3) is 5.56 Å². The number of nitrogens with zero attached hydrogens (tertiary/aromatic N) is 2. The number of rotatable bonds is 9. The monoisotopic (exact) mass is 450 g/mol. The second-order valence-electron chi connectivity index (χ2n) is 7.84. The highest BCUT2D eigenvalue weighted by atomic mass is 35.5. The highest BCUT2D eigenvalue weighted by molar-refractivity contribution is 6.31. The first-order chi connectivity index (χ1) is 15.6. The molecule has 0 unspecified atom stereocenters. The highest BCUT2D eigenvalue weighted by Crippen LogP contribution is 2.20. The van der Waals surface area contributed by atoms with Crippen molar-refractivity contribution in [3.8, 4) is 11.4 Å². The maximum atomic E-state index is 12.7. The van der Waals surface area contributed by atoms with Gasteiger partial charge in [0.05, 0.1) is 0 Å². The van der Waals surface area contributed by atoms with E-state index < -0.39 is 0 Å². The maximum Gasteiger partial charge on any atom is 0.258 e. The third-order valence-electron chi connectivity index (χ3n) is 5.65. The van der Waals surface area contributed by atoms with Gasteiger partial charge in [-0.15, -0.1) is 0 Å². The Labute approximate surface area is 192 Å². The molecule has 0 amide bonds. The van der Waals surface area contributed by atoms with E-state index in [1.807, 2.05) is 42.5 Å². The SMILES string of the molecule is N=Cc1cc(-n2ccc(OCc3ccccc3Cl)cc2=O)ccc1NCCN1CCCC1. The molecule has 6 nitrogen and oxygen atoms in total. The molecular formula is C25H27ClN4O2. The molecule has 166 valence electrons. The number of hydrogen-bond acceptors (Lipinski definition) is 5. The van der Waals surface area contributed by atoms with Gasteiger partial charge in [0.15, 0.2) is 0 Å². The molecule has 7 heteroatoms. The lowest BCUT2D eigenvalue weighted by Gasteiger charge is -2.17. The standard InChI is InChI=1S/C25H27ClN4O2/c26-23-6-2-1-5-19(23)18-32-22-9-13-30(25(31)16-22)21-7-8-24(20(15-21)17-27)28-10-14-29-11-3-4-12-29/h1-2,5-9,13,15-17,27-28H,3-4,10-12,14,18H2. The number of benzene rings is 2. The zero-order valence-corrected chi connectivity index (χ0v) is 18.6. The van der Waals surface area contributed by atoms with Gasteiger partial charge in [0.1, 0.15) is 12.4 Å². The predicted molar refractivity (Wildman–Crippen MR) is 130 cm³/mol. The molecule has 0 bridgehead atoms. The van der Waals surface area contributed by atoms with Crippen LogP contribution in [0.5, 0.6) is 5.75 Å². The van der Waals surface area contributed by atoms with E-state index in [-0.39, 0.29) is 5.56 Å². The Bertz CT molecular complexity index is 1140. The summed E-state index contributed by atoms with van der Waals surface area (Å²) in [5, 5.41) is 11.8. The fraction of sp³-hybridized carbons (Fsp3) is 0.280. The number of halogens is 1. The lowest BCUT2D eigenvalue weighted by molar-refractivity contribution is 0.305. The van der Waals surface area contributed by atoms with Crippen LogP contribution in [0, 0.1) is 5.41 Å². The predicted octanol–water partition coefficient (Wildman–Crippen LogP) is 4.58. The van der Waals surface area contributed by atoms with Gasteiger partial charge in [0.2, 0.25) is 0 Å². The first-order valence-corrected chi connectivity index (χ1v) is 11.2. The molecule has 32 heavy (non-hydrogen) atoms. The Morgan fingerprint density at radius 3 is 2.66 bits per heavy atom. The molecule has 0 radical (unpaired) electrons. The normalized spacial score (nSPS) is 13.8. The molecule has 3 aromatic rings. The number of likely N-dealkylation sites (tertiary alicyclic amines) is 1. The van der Waals surface area contributed by atoms with Crippen LogP contribution < -0.4 is 15.6 Å². The third kappa shape index (κ3) is 5.39. The van der Waals surface area contributed by atoms with Crippen molar-refractivity contribution < 1.29 is 4.74 Å². The van der Waals surface area contributed by atoms with E-state index in [2.05, 4.69) is 10.2 Å². The summed E-state index contributed by atoms with van der Waals surface area (Å²) in [6.07, 6.45) is 5.56. The number of nitrogens with one attached hydrogen (secondary N) is 2. The van der Waals surface area contributed by atoms with Gasteiger partial charge in [-0.1, -0.05) is 29.8 Å². The van der Waals surface area contributed by atoms with Crippen molar-refractivity contribution in [2.45, 2.75) is 19.4 Å². The van der Waals surface area contributed by atoms with Crippen molar-refractivity contribution in [1.29, 1.82) is 5.41 Å². The van der Waals surface area contributed by atoms with Crippen LogP contribution in [0.25, 0.3) is 5.69 Å². The van der Waals surface area contributed by atoms with Crippen molar-refractivity contribution in [1.82, 2.24) is 9.47 Å². The lowest BCUT2D eigenvalue weighted by Crippen LogP contribution is -2.26. The van der Waals surface area contributed by atoms with E-state index in [1.165, 1.54) is 38.2 Å². The summed E-state index contributed by atoms with van der Waals surface area (Å²) in [5.74, 6) is 0.485. The van der Waals surface area contributed by atoms with Gasteiger partial charge in [-0.3, -0.25) is 9.36 Å². The van der Waals surface area contributed by atoms with E-state index >= 15 is 0 Å². The van der Waals surface area contributed by atoms with Crippen LogP contribution >= 0.6 is 11.6 Å². The largest absolute Gasteiger partial charge is 0.489 e. The van der Waals surface area contributed by atoms with Crippen LogP contribution in [0.4, 0.5) is 5.69 Å². The molecular weight excluding hydrogens is 424 g/mol. The second-order valence-corrected chi connectivity index (χ2v) is 8.25. The van der Waals surface area contributed by atoms with Crippen molar-refractivity contribution in [2.24, 2.45) is 0 Å². The Kier molecular flexibility index (Phi) is 7.24. The third-order valence-corrected chi connectivity index (χ3v) is 6.02. The van der Waals surface area contributed by atoms with Crippen LogP contribution in [0.2, 0.25) is 5.02 Å². The van der Waals surface area contributed by atoms with Crippen LogP contribution in [-0.2, 0) is 6.61 Å². The number of ether oxygens (including phenoxy) is 1. The molecule has 1 fully saturated rings. The fourth-order valence-corrected chi connectivity index (χ4v) is 4.07. The lowest BCUT2D eigenvalue weighted by atomic mass is 10.1. The molecule has 0 spiro atoms. The summed E-state index contributed by atoms with van der Waals surface area (Å²) in [5.41, 5.74) is 3.01. The van der Waals surface area contributed by atoms with Crippen LogP contribution in [0.15, 0.2) is 65.6 Å². The minimum absolute atomic E-state index is 0.202. The Morgan fingerprint density at radius 2 is 1.91 bits per heavy atom. The molecule has 1 aliphatic heterocycles. The average molecular weight is 451 g/mol. The zero-order chi connectivity index (χ0) is 22.3. The Morgan fingerprint density at radius 1 is 1.09 bits per heavy atom. The van der Waals surface area contributed by atoms with Crippen LogP contribution in [-0.4, -0.2) is 41.9 Å². The van der Waals surface area contributed by atoms with E-state index in [4.69, 9.17) is 21.7 Å². The number of pyridine rings is 1. The van der Waals surface area contributed by atoms with Gasteiger partial charge < -0.3 is 20.4 Å². The average Bonchev–Trinajstić information content (AvgIpc) is 3.32. The molecule has 1 saturated heterocycles. The van der Waals surface area contributed by atoms with Gasteiger partial charge in [-0.05, 0) is 56.3 Å². The van der Waals surface area contributed by atoms with E-state index in [1.54, 1.807) is 16.8 Å². The fourth-order valence-electron chi connectivity index (χ4n) is 3.88. The minimum Gasteiger partial charge on any atom is -0.489 e.